The van der Waals surface area contributed by atoms with Crippen LogP contribution in [-0.2, 0) is 10.9 Å². The number of rotatable bonds is 3. The van der Waals surface area contributed by atoms with Crippen LogP contribution in [0.5, 0.6) is 6.01 Å². The highest BCUT2D eigenvalue weighted by Crippen LogP contribution is 2.49. The van der Waals surface area contributed by atoms with Crippen molar-refractivity contribution in [2.75, 3.05) is 57.1 Å². The molecular formula is C31H28F6N6O2S. The Hall–Kier alpha value is -3.87. The normalized spacial score (nSPS) is 21.9. The van der Waals surface area contributed by atoms with E-state index in [0.29, 0.717) is 50.2 Å². The summed E-state index contributed by atoms with van der Waals surface area (Å²) in [7, 11) is 1.27. The third-order valence-electron chi connectivity index (χ3n) is 9.21. The topological polar surface area (TPSA) is 101 Å². The molecule has 0 bridgehead atoms. The number of hydrogen-bond donors (Lipinski definition) is 1. The Morgan fingerprint density at radius 3 is 2.59 bits per heavy atom. The number of aromatic nitrogens is 2. The molecule has 6 heterocycles. The summed E-state index contributed by atoms with van der Waals surface area (Å²) in [6, 6.07) is 4.92. The number of hydrogen-bond acceptors (Lipinski definition) is 9. The third kappa shape index (κ3) is 4.98. The molecule has 2 aromatic heterocycles. The Balaban J connectivity index is 0.000000321. The van der Waals surface area contributed by atoms with E-state index in [4.69, 9.17) is 15.2 Å². The van der Waals surface area contributed by atoms with Crippen LogP contribution in [0.4, 0.5) is 37.2 Å². The molecule has 4 fully saturated rings. The number of alkyl halides is 4. The zero-order valence-electron chi connectivity index (χ0n) is 24.6. The van der Waals surface area contributed by atoms with E-state index in [-0.39, 0.29) is 48.8 Å². The largest absolute Gasteiger partial charge is 0.467 e. The average molecular weight is 663 g/mol. The smallest absolute Gasteiger partial charge is 0.417 e. The Bertz CT molecular complexity index is 1890. The molecule has 2 aromatic carbocycles. The fraction of sp³-hybridized carbons (Fsp3) is 0.452. The Kier molecular flexibility index (Phi) is 7.45. The molecule has 4 aliphatic heterocycles. The maximum absolute atomic E-state index is 16.2. The van der Waals surface area contributed by atoms with Crippen molar-refractivity contribution in [1.29, 1.82) is 5.26 Å². The van der Waals surface area contributed by atoms with Crippen molar-refractivity contribution in [1.82, 2.24) is 14.9 Å². The molecule has 2 N–H and O–H groups in total. The predicted octanol–water partition coefficient (Wildman–Crippen LogP) is 6.30. The number of halogens is 6. The molecule has 8 rings (SSSR count). The third-order valence-corrected chi connectivity index (χ3v) is 10.2. The van der Waals surface area contributed by atoms with Crippen LogP contribution in [0.25, 0.3) is 32.1 Å². The summed E-state index contributed by atoms with van der Waals surface area (Å²) in [6.45, 7) is 3.87. The fourth-order valence-electron chi connectivity index (χ4n) is 7.03. The van der Waals surface area contributed by atoms with Crippen LogP contribution >= 0.6 is 11.3 Å². The van der Waals surface area contributed by atoms with Crippen LogP contribution < -0.4 is 15.4 Å². The van der Waals surface area contributed by atoms with Gasteiger partial charge in [-0.05, 0) is 43.5 Å². The standard InChI is InChI=1S/C24H16F5N5O2S.C7H12FN/c1-35-22-32-18-11(21(33-22)34-6-23(7-34)8-36-9-23)4-13(24(27,28)29)16(17(18)26)10-2-3-14(25)19-15(10)12(5-30)20(31)37-19;8-6-4-7-2-1-3-9(7)5-6/h2-4H,6-9,31H2,1H3;6-7H,1-5H2. The molecule has 4 aromatic rings. The van der Waals surface area contributed by atoms with E-state index in [1.54, 1.807) is 11.0 Å². The van der Waals surface area contributed by atoms with E-state index >= 15 is 4.39 Å². The van der Waals surface area contributed by atoms with E-state index < -0.39 is 40.6 Å². The average Bonchev–Trinajstić information content (AvgIpc) is 3.65. The van der Waals surface area contributed by atoms with Crippen molar-refractivity contribution in [2.24, 2.45) is 5.41 Å². The van der Waals surface area contributed by atoms with Crippen molar-refractivity contribution in [3.63, 3.8) is 0 Å². The van der Waals surface area contributed by atoms with Crippen molar-refractivity contribution in [3.8, 4) is 23.2 Å². The molecule has 15 heteroatoms. The number of nitrogen functional groups attached to an aromatic ring is 1. The number of ether oxygens (including phenoxy) is 2. The Morgan fingerprint density at radius 1 is 1.20 bits per heavy atom. The highest BCUT2D eigenvalue weighted by atomic mass is 32.1. The van der Waals surface area contributed by atoms with Crippen molar-refractivity contribution in [2.45, 2.75) is 37.7 Å². The first kappa shape index (κ1) is 30.8. The highest BCUT2D eigenvalue weighted by molar-refractivity contribution is 7.23. The van der Waals surface area contributed by atoms with E-state index in [0.717, 1.165) is 31.2 Å². The van der Waals surface area contributed by atoms with Gasteiger partial charge in [0.1, 0.15) is 34.4 Å². The second-order valence-corrected chi connectivity index (χ2v) is 13.3. The zero-order valence-corrected chi connectivity index (χ0v) is 25.4. The molecular weight excluding hydrogens is 634 g/mol. The maximum atomic E-state index is 16.2. The summed E-state index contributed by atoms with van der Waals surface area (Å²) < 4.78 is 97.0. The lowest BCUT2D eigenvalue weighted by molar-refractivity contribution is -0.137. The fourth-order valence-corrected chi connectivity index (χ4v) is 7.98. The number of nitrogens with zero attached hydrogens (tertiary/aromatic N) is 5. The van der Waals surface area contributed by atoms with Crippen molar-refractivity contribution >= 4 is 43.1 Å². The highest BCUT2D eigenvalue weighted by Gasteiger charge is 2.50. The lowest BCUT2D eigenvalue weighted by Crippen LogP contribution is -2.66. The molecule has 2 atom stereocenters. The van der Waals surface area contributed by atoms with Gasteiger partial charge in [-0.2, -0.15) is 28.4 Å². The number of nitrogens with two attached hydrogens (primary N) is 1. The molecule has 4 saturated heterocycles. The van der Waals surface area contributed by atoms with Gasteiger partial charge in [-0.25, -0.2) is 13.2 Å². The molecule has 8 nitrogen and oxygen atoms in total. The van der Waals surface area contributed by atoms with Crippen LogP contribution in [0.3, 0.4) is 0 Å². The predicted molar refractivity (Wildman–Crippen MR) is 161 cm³/mol. The molecule has 0 aliphatic carbocycles. The number of fused-ring (bicyclic) bond motifs is 3. The summed E-state index contributed by atoms with van der Waals surface area (Å²) in [6.07, 6.45) is -2.19. The van der Waals surface area contributed by atoms with E-state index in [9.17, 15) is 27.2 Å². The second kappa shape index (κ2) is 11.1. The molecule has 0 saturated carbocycles. The maximum Gasteiger partial charge on any atom is 0.417 e. The molecule has 2 unspecified atom stereocenters. The Morgan fingerprint density at radius 2 is 1.96 bits per heavy atom. The molecule has 46 heavy (non-hydrogen) atoms. The van der Waals surface area contributed by atoms with Crippen molar-refractivity contribution in [3.05, 3.63) is 41.0 Å². The van der Waals surface area contributed by atoms with Gasteiger partial charge in [-0.1, -0.05) is 6.07 Å². The van der Waals surface area contributed by atoms with Gasteiger partial charge in [0.25, 0.3) is 0 Å². The van der Waals surface area contributed by atoms with E-state index in [2.05, 4.69) is 14.9 Å². The van der Waals surface area contributed by atoms with Crippen molar-refractivity contribution < 1.29 is 35.8 Å². The van der Waals surface area contributed by atoms with Gasteiger partial charge in [0.2, 0.25) is 0 Å². The number of thiophene rings is 1. The number of methoxy groups -OCH3 is 1. The lowest BCUT2D eigenvalue weighted by atomic mass is 9.78. The van der Waals surface area contributed by atoms with Gasteiger partial charge < -0.3 is 20.1 Å². The monoisotopic (exact) mass is 662 g/mol. The van der Waals surface area contributed by atoms with Gasteiger partial charge in [0.15, 0.2) is 5.82 Å². The van der Waals surface area contributed by atoms with E-state index in [1.165, 1.54) is 20.0 Å². The second-order valence-electron chi connectivity index (χ2n) is 12.3. The van der Waals surface area contributed by atoms with Gasteiger partial charge >= 0.3 is 12.2 Å². The molecule has 242 valence electrons. The molecule has 4 aliphatic rings. The first-order valence-corrected chi connectivity index (χ1v) is 15.5. The van der Waals surface area contributed by atoms with Crippen LogP contribution in [0.2, 0.25) is 0 Å². The van der Waals surface area contributed by atoms with Gasteiger partial charge in [-0.3, -0.25) is 4.90 Å². The summed E-state index contributed by atoms with van der Waals surface area (Å²) in [5.74, 6) is -1.97. The molecule has 0 radical (unpaired) electrons. The number of anilines is 2. The van der Waals surface area contributed by atoms with Crippen LogP contribution in [0, 0.1) is 28.4 Å². The summed E-state index contributed by atoms with van der Waals surface area (Å²) >= 11 is 0.706. The minimum absolute atomic E-state index is 0.0865. The number of benzene rings is 2. The quantitative estimate of drug-likeness (QED) is 0.255. The summed E-state index contributed by atoms with van der Waals surface area (Å²) in [4.78, 5) is 12.3. The summed E-state index contributed by atoms with van der Waals surface area (Å²) in [5, 5.41) is 9.17. The minimum atomic E-state index is -5.01. The minimum Gasteiger partial charge on any atom is -0.467 e. The molecule has 1 spiro atoms. The first-order valence-electron chi connectivity index (χ1n) is 14.7. The van der Waals surface area contributed by atoms with Gasteiger partial charge in [-0.15, -0.1) is 11.3 Å². The van der Waals surface area contributed by atoms with Crippen LogP contribution in [0.15, 0.2) is 18.2 Å². The first-order chi connectivity index (χ1) is 21.9. The van der Waals surface area contributed by atoms with E-state index in [1.807, 2.05) is 0 Å². The number of nitriles is 1. The Labute approximate surface area is 263 Å². The van der Waals surface area contributed by atoms with Crippen LogP contribution in [0.1, 0.15) is 30.4 Å². The van der Waals surface area contributed by atoms with Gasteiger partial charge in [0, 0.05) is 42.0 Å². The van der Waals surface area contributed by atoms with Crippen LogP contribution in [-0.4, -0.2) is 73.6 Å². The summed E-state index contributed by atoms with van der Waals surface area (Å²) in [5.41, 5.74) is 2.64. The van der Waals surface area contributed by atoms with Gasteiger partial charge in [0.05, 0.1) is 41.6 Å². The zero-order chi connectivity index (χ0) is 32.5. The molecule has 0 amide bonds. The SMILES string of the molecule is COc1nc(N2CC3(COC3)C2)c2cc(C(F)(F)F)c(-c3ccc(F)c4sc(N)c(C#N)c34)c(F)c2n1.FC1CC2CCCN2C1. The lowest BCUT2D eigenvalue weighted by Gasteiger charge is -2.55.